The van der Waals surface area contributed by atoms with Crippen molar-refractivity contribution in [3.63, 3.8) is 0 Å². The van der Waals surface area contributed by atoms with Crippen molar-refractivity contribution in [1.82, 2.24) is 5.32 Å². The summed E-state index contributed by atoms with van der Waals surface area (Å²) in [6.07, 6.45) is 0. The number of carbonyl (C=O) groups excluding carboxylic acids is 1. The van der Waals surface area contributed by atoms with Gasteiger partial charge in [-0.3, -0.25) is 14.9 Å². The Hall–Kier alpha value is -2.15. The van der Waals surface area contributed by atoms with Gasteiger partial charge in [-0.1, -0.05) is 19.1 Å². The molecule has 0 spiro atoms. The number of nitrogens with two attached hydrogens (primary N) is 1. The van der Waals surface area contributed by atoms with Gasteiger partial charge in [0, 0.05) is 31.1 Å². The van der Waals surface area contributed by atoms with Gasteiger partial charge in [-0.15, -0.1) is 0 Å². The third kappa shape index (κ3) is 4.51. The minimum atomic E-state index is -0.445. The molecule has 0 aliphatic rings. The van der Waals surface area contributed by atoms with E-state index in [1.54, 1.807) is 32.0 Å². The Bertz CT molecular complexity index is 476. The van der Waals surface area contributed by atoms with Crippen LogP contribution >= 0.6 is 0 Å². The lowest BCUT2D eigenvalue weighted by molar-refractivity contribution is -0.384. The molecule has 1 aromatic rings. The second-order valence-electron chi connectivity index (χ2n) is 4.64. The van der Waals surface area contributed by atoms with E-state index in [-0.39, 0.29) is 23.6 Å². The third-order valence-corrected chi connectivity index (χ3v) is 3.04. The second-order valence-corrected chi connectivity index (χ2v) is 4.64. The highest BCUT2D eigenvalue weighted by Crippen LogP contribution is 2.22. The number of nitro groups is 1. The summed E-state index contributed by atoms with van der Waals surface area (Å²) in [6, 6.07) is 6.17. The van der Waals surface area contributed by atoms with Gasteiger partial charge in [0.05, 0.1) is 4.92 Å². The van der Waals surface area contributed by atoms with Gasteiger partial charge < -0.3 is 16.4 Å². The highest BCUT2D eigenvalue weighted by Gasteiger charge is 2.16. The Morgan fingerprint density at radius 2 is 2.00 bits per heavy atom. The second kappa shape index (κ2) is 7.44. The summed E-state index contributed by atoms with van der Waals surface area (Å²) in [4.78, 5) is 22.0. The largest absolute Gasteiger partial charge is 0.378 e. The number of carbonyl (C=O) groups is 1. The minimum Gasteiger partial charge on any atom is -0.378 e. The van der Waals surface area contributed by atoms with Crippen LogP contribution in [0.1, 0.15) is 13.8 Å². The lowest BCUT2D eigenvalue weighted by atomic mass is 10.0. The standard InChI is InChI=1S/C13H20N4O3/c1-9(10(2)14)13(18)16-8-7-15-11-5-3-4-6-12(11)17(19)20/h3-6,9-10,15H,7-8,14H2,1-2H3,(H,16,18). The van der Waals surface area contributed by atoms with E-state index in [0.717, 1.165) is 0 Å². The lowest BCUT2D eigenvalue weighted by Gasteiger charge is -2.15. The Morgan fingerprint density at radius 1 is 1.35 bits per heavy atom. The fourth-order valence-corrected chi connectivity index (χ4v) is 1.56. The normalized spacial score (nSPS) is 13.3. The predicted octanol–water partition coefficient (Wildman–Crippen LogP) is 1.11. The van der Waals surface area contributed by atoms with Crippen molar-refractivity contribution >= 4 is 17.3 Å². The van der Waals surface area contributed by atoms with Crippen LogP contribution in [-0.2, 0) is 4.79 Å². The molecule has 0 saturated heterocycles. The maximum atomic E-state index is 11.6. The van der Waals surface area contributed by atoms with Gasteiger partial charge in [0.25, 0.3) is 5.69 Å². The van der Waals surface area contributed by atoms with Crippen LogP contribution in [0.25, 0.3) is 0 Å². The molecule has 2 atom stereocenters. The SMILES string of the molecule is CC(N)C(C)C(=O)NCCNc1ccccc1[N+](=O)[O-]. The van der Waals surface area contributed by atoms with Crippen molar-refractivity contribution in [2.24, 2.45) is 11.7 Å². The van der Waals surface area contributed by atoms with Crippen LogP contribution in [0.4, 0.5) is 11.4 Å². The first kappa shape index (κ1) is 15.9. The molecule has 0 heterocycles. The summed E-state index contributed by atoms with van der Waals surface area (Å²) in [7, 11) is 0. The topological polar surface area (TPSA) is 110 Å². The van der Waals surface area contributed by atoms with Gasteiger partial charge in [0.1, 0.15) is 5.69 Å². The zero-order valence-electron chi connectivity index (χ0n) is 11.6. The zero-order valence-corrected chi connectivity index (χ0v) is 11.6. The van der Waals surface area contributed by atoms with Crippen molar-refractivity contribution in [3.05, 3.63) is 34.4 Å². The highest BCUT2D eigenvalue weighted by atomic mass is 16.6. The molecule has 1 amide bonds. The summed E-state index contributed by atoms with van der Waals surface area (Å²) in [5, 5.41) is 16.5. The average molecular weight is 280 g/mol. The molecule has 1 aromatic carbocycles. The summed E-state index contributed by atoms with van der Waals surface area (Å²) in [5.41, 5.74) is 6.09. The number of amides is 1. The fraction of sp³-hybridized carbons (Fsp3) is 0.462. The quantitative estimate of drug-likeness (QED) is 0.393. The number of rotatable bonds is 7. The Labute approximate surface area is 117 Å². The molecule has 20 heavy (non-hydrogen) atoms. The maximum Gasteiger partial charge on any atom is 0.292 e. The predicted molar refractivity (Wildman–Crippen MR) is 77.4 cm³/mol. The molecular formula is C13H20N4O3. The van der Waals surface area contributed by atoms with Gasteiger partial charge in [0.2, 0.25) is 5.91 Å². The van der Waals surface area contributed by atoms with Crippen LogP contribution in [0.3, 0.4) is 0 Å². The van der Waals surface area contributed by atoms with Crippen molar-refractivity contribution in [2.75, 3.05) is 18.4 Å². The summed E-state index contributed by atoms with van der Waals surface area (Å²) in [5.74, 6) is -0.384. The Kier molecular flexibility index (Phi) is 5.92. The maximum absolute atomic E-state index is 11.6. The first-order chi connectivity index (χ1) is 9.43. The zero-order chi connectivity index (χ0) is 15.1. The summed E-state index contributed by atoms with van der Waals surface area (Å²) < 4.78 is 0. The van der Waals surface area contributed by atoms with Gasteiger partial charge in [-0.25, -0.2) is 0 Å². The fourth-order valence-electron chi connectivity index (χ4n) is 1.56. The van der Waals surface area contributed by atoms with E-state index in [0.29, 0.717) is 18.8 Å². The van der Waals surface area contributed by atoms with Crippen LogP contribution in [0, 0.1) is 16.0 Å². The number of nitrogens with zero attached hydrogens (tertiary/aromatic N) is 1. The van der Waals surface area contributed by atoms with E-state index < -0.39 is 4.92 Å². The molecule has 2 unspecified atom stereocenters. The molecule has 0 radical (unpaired) electrons. The molecule has 7 nitrogen and oxygen atoms in total. The van der Waals surface area contributed by atoms with Crippen LogP contribution in [0.5, 0.6) is 0 Å². The number of hydrogen-bond acceptors (Lipinski definition) is 5. The first-order valence-corrected chi connectivity index (χ1v) is 6.44. The van der Waals surface area contributed by atoms with E-state index in [4.69, 9.17) is 5.73 Å². The number of benzene rings is 1. The Morgan fingerprint density at radius 3 is 2.60 bits per heavy atom. The molecule has 0 aliphatic heterocycles. The van der Waals surface area contributed by atoms with Crippen LogP contribution in [0.15, 0.2) is 24.3 Å². The Balaban J connectivity index is 2.42. The number of anilines is 1. The third-order valence-electron chi connectivity index (χ3n) is 3.04. The highest BCUT2D eigenvalue weighted by molar-refractivity contribution is 5.78. The van der Waals surface area contributed by atoms with Gasteiger partial charge >= 0.3 is 0 Å². The average Bonchev–Trinajstić information content (AvgIpc) is 2.42. The van der Waals surface area contributed by atoms with Gasteiger partial charge in [-0.05, 0) is 13.0 Å². The number of para-hydroxylation sites is 2. The number of nitrogens with one attached hydrogen (secondary N) is 2. The molecule has 1 rings (SSSR count). The minimum absolute atomic E-state index is 0.0165. The molecule has 0 saturated carbocycles. The van der Waals surface area contributed by atoms with E-state index in [9.17, 15) is 14.9 Å². The smallest absolute Gasteiger partial charge is 0.292 e. The lowest BCUT2D eigenvalue weighted by Crippen LogP contribution is -2.40. The monoisotopic (exact) mass is 280 g/mol. The molecule has 110 valence electrons. The van der Waals surface area contributed by atoms with Crippen molar-refractivity contribution in [1.29, 1.82) is 0 Å². The van der Waals surface area contributed by atoms with Crippen LogP contribution in [-0.4, -0.2) is 30.0 Å². The van der Waals surface area contributed by atoms with E-state index in [1.807, 2.05) is 0 Å². The molecule has 0 aromatic heterocycles. The molecule has 7 heteroatoms. The number of hydrogen-bond donors (Lipinski definition) is 3. The molecular weight excluding hydrogens is 260 g/mol. The van der Waals surface area contributed by atoms with Gasteiger partial charge in [0.15, 0.2) is 0 Å². The van der Waals surface area contributed by atoms with E-state index in [1.165, 1.54) is 6.07 Å². The van der Waals surface area contributed by atoms with Crippen LogP contribution in [0.2, 0.25) is 0 Å². The van der Waals surface area contributed by atoms with Crippen LogP contribution < -0.4 is 16.4 Å². The summed E-state index contributed by atoms with van der Waals surface area (Å²) >= 11 is 0. The first-order valence-electron chi connectivity index (χ1n) is 6.44. The van der Waals surface area contributed by atoms with Crippen molar-refractivity contribution < 1.29 is 9.72 Å². The summed E-state index contributed by atoms with van der Waals surface area (Å²) in [6.45, 7) is 4.31. The van der Waals surface area contributed by atoms with Crippen molar-refractivity contribution in [2.45, 2.75) is 19.9 Å². The molecule has 0 bridgehead atoms. The van der Waals surface area contributed by atoms with E-state index in [2.05, 4.69) is 10.6 Å². The van der Waals surface area contributed by atoms with Gasteiger partial charge in [-0.2, -0.15) is 0 Å². The van der Waals surface area contributed by atoms with E-state index >= 15 is 0 Å². The van der Waals surface area contributed by atoms with Crippen molar-refractivity contribution in [3.8, 4) is 0 Å². The molecule has 4 N–H and O–H groups in total. The molecule has 0 aliphatic carbocycles. The number of nitro benzene ring substituents is 1. The molecule has 0 fully saturated rings.